The highest BCUT2D eigenvalue weighted by Crippen LogP contribution is 2.31. The molecule has 1 aliphatic carbocycles. The summed E-state index contributed by atoms with van der Waals surface area (Å²) in [6, 6.07) is 7.95. The van der Waals surface area contributed by atoms with Gasteiger partial charge in [0.15, 0.2) is 5.65 Å². The van der Waals surface area contributed by atoms with Gasteiger partial charge >= 0.3 is 0 Å². The molecule has 0 amide bonds. The quantitative estimate of drug-likeness (QED) is 0.713. The van der Waals surface area contributed by atoms with Crippen LogP contribution in [0.3, 0.4) is 0 Å². The van der Waals surface area contributed by atoms with Gasteiger partial charge in [0.1, 0.15) is 0 Å². The molecule has 2 heterocycles. The smallest absolute Gasteiger partial charge is 0.163 e. The normalized spacial score (nSPS) is 13.8. The van der Waals surface area contributed by atoms with Crippen LogP contribution in [0.4, 0.5) is 0 Å². The second-order valence-electron chi connectivity index (χ2n) is 5.50. The van der Waals surface area contributed by atoms with Gasteiger partial charge in [0.25, 0.3) is 0 Å². The first-order valence-corrected chi connectivity index (χ1v) is 7.80. The van der Waals surface area contributed by atoms with Crippen molar-refractivity contribution in [1.82, 2.24) is 14.6 Å². The van der Waals surface area contributed by atoms with E-state index in [2.05, 4.69) is 16.4 Å². The zero-order valence-electron chi connectivity index (χ0n) is 11.9. The maximum atomic E-state index is 6.01. The van der Waals surface area contributed by atoms with Gasteiger partial charge in [0.05, 0.1) is 5.69 Å². The molecule has 3 aromatic rings. The zero-order chi connectivity index (χ0) is 14.4. The molecule has 0 N–H and O–H groups in total. The number of nitrogens with zero attached hydrogens (tertiary/aromatic N) is 3. The summed E-state index contributed by atoms with van der Waals surface area (Å²) in [4.78, 5) is 4.69. The van der Waals surface area contributed by atoms with E-state index in [0.29, 0.717) is 0 Å². The molecule has 1 aromatic carbocycles. The van der Waals surface area contributed by atoms with E-state index in [9.17, 15) is 0 Å². The van der Waals surface area contributed by atoms with E-state index in [4.69, 9.17) is 16.7 Å². The molecule has 0 unspecified atom stereocenters. The van der Waals surface area contributed by atoms with Crippen LogP contribution in [0.15, 0.2) is 30.5 Å². The maximum absolute atomic E-state index is 6.01. The van der Waals surface area contributed by atoms with E-state index < -0.39 is 0 Å². The lowest BCUT2D eigenvalue weighted by Gasteiger charge is -2.04. The Labute approximate surface area is 128 Å². The van der Waals surface area contributed by atoms with E-state index in [0.717, 1.165) is 46.8 Å². The van der Waals surface area contributed by atoms with Crippen molar-refractivity contribution in [2.45, 2.75) is 32.6 Å². The van der Waals surface area contributed by atoms with E-state index in [1.54, 1.807) is 0 Å². The second-order valence-corrected chi connectivity index (χ2v) is 5.94. The summed E-state index contributed by atoms with van der Waals surface area (Å²) >= 11 is 6.01. The van der Waals surface area contributed by atoms with Crippen LogP contribution in [0.5, 0.6) is 0 Å². The predicted molar refractivity (Wildman–Crippen MR) is 84.8 cm³/mol. The fraction of sp³-hybridized carbons (Fsp3) is 0.294. The first kappa shape index (κ1) is 12.8. The summed E-state index contributed by atoms with van der Waals surface area (Å²) in [5, 5.41) is 5.57. The molecule has 0 saturated heterocycles. The van der Waals surface area contributed by atoms with Crippen LogP contribution >= 0.6 is 11.6 Å². The van der Waals surface area contributed by atoms with Gasteiger partial charge in [0, 0.05) is 22.5 Å². The molecular weight excluding hydrogens is 282 g/mol. The molecule has 1 aliphatic rings. The lowest BCUT2D eigenvalue weighted by molar-refractivity contribution is 0.816. The van der Waals surface area contributed by atoms with Crippen LogP contribution in [-0.2, 0) is 19.3 Å². The third-order valence-electron chi connectivity index (χ3n) is 4.23. The number of halogens is 1. The van der Waals surface area contributed by atoms with E-state index in [1.165, 1.54) is 17.7 Å². The van der Waals surface area contributed by atoms with Crippen LogP contribution in [-0.4, -0.2) is 14.6 Å². The second kappa shape index (κ2) is 4.85. The molecule has 0 radical (unpaired) electrons. The highest BCUT2D eigenvalue weighted by Gasteiger charge is 2.21. The maximum Gasteiger partial charge on any atom is 0.163 e. The van der Waals surface area contributed by atoms with Gasteiger partial charge in [-0.15, -0.1) is 0 Å². The number of benzene rings is 1. The number of hydrogen-bond acceptors (Lipinski definition) is 2. The SMILES string of the molecule is CCc1nn2c3c(cnc2c1-c1ccc(Cl)cc1)CCC3. The number of aryl methyl sites for hydroxylation is 3. The molecule has 0 bridgehead atoms. The molecule has 0 atom stereocenters. The van der Waals surface area contributed by atoms with Crippen molar-refractivity contribution in [3.05, 3.63) is 52.4 Å². The molecule has 0 saturated carbocycles. The minimum absolute atomic E-state index is 0.752. The molecule has 4 heteroatoms. The van der Waals surface area contributed by atoms with Crippen molar-refractivity contribution in [1.29, 1.82) is 0 Å². The molecule has 3 nitrogen and oxygen atoms in total. The highest BCUT2D eigenvalue weighted by molar-refractivity contribution is 6.30. The van der Waals surface area contributed by atoms with Gasteiger partial charge < -0.3 is 0 Å². The molecule has 4 rings (SSSR count). The van der Waals surface area contributed by atoms with Crippen LogP contribution < -0.4 is 0 Å². The lowest BCUT2D eigenvalue weighted by atomic mass is 10.0. The fourth-order valence-electron chi connectivity index (χ4n) is 3.19. The minimum atomic E-state index is 0.752. The summed E-state index contributed by atoms with van der Waals surface area (Å²) in [6.07, 6.45) is 6.34. The minimum Gasteiger partial charge on any atom is -0.236 e. The Morgan fingerprint density at radius 3 is 2.76 bits per heavy atom. The van der Waals surface area contributed by atoms with Crippen LogP contribution in [0, 0.1) is 0 Å². The monoisotopic (exact) mass is 297 g/mol. The number of fused-ring (bicyclic) bond motifs is 3. The van der Waals surface area contributed by atoms with Gasteiger partial charge in [-0.3, -0.25) is 0 Å². The number of rotatable bonds is 2. The van der Waals surface area contributed by atoms with Crippen molar-refractivity contribution in [2.24, 2.45) is 0 Å². The van der Waals surface area contributed by atoms with E-state index in [1.807, 2.05) is 30.5 Å². The molecule has 2 aromatic heterocycles. The topological polar surface area (TPSA) is 30.2 Å². The zero-order valence-corrected chi connectivity index (χ0v) is 12.7. The van der Waals surface area contributed by atoms with Crippen molar-refractivity contribution in [3.63, 3.8) is 0 Å². The Bertz CT molecular complexity index is 818. The fourth-order valence-corrected chi connectivity index (χ4v) is 3.32. The molecule has 0 fully saturated rings. The first-order valence-electron chi connectivity index (χ1n) is 7.42. The Balaban J connectivity index is 2.01. The van der Waals surface area contributed by atoms with Gasteiger partial charge in [-0.1, -0.05) is 30.7 Å². The van der Waals surface area contributed by atoms with Crippen molar-refractivity contribution >= 4 is 17.2 Å². The van der Waals surface area contributed by atoms with Crippen molar-refractivity contribution in [3.8, 4) is 11.1 Å². The Kier molecular flexibility index (Phi) is 2.96. The summed E-state index contributed by atoms with van der Waals surface area (Å²) in [5.41, 5.74) is 7.02. The summed E-state index contributed by atoms with van der Waals surface area (Å²) in [5.74, 6) is 0. The third kappa shape index (κ3) is 1.95. The summed E-state index contributed by atoms with van der Waals surface area (Å²) in [7, 11) is 0. The van der Waals surface area contributed by atoms with Crippen molar-refractivity contribution < 1.29 is 0 Å². The van der Waals surface area contributed by atoms with Gasteiger partial charge in [-0.25, -0.2) is 9.50 Å². The number of hydrogen-bond donors (Lipinski definition) is 0. The predicted octanol–water partition coefficient (Wildman–Crippen LogP) is 4.10. The van der Waals surface area contributed by atoms with Gasteiger partial charge in [-0.05, 0) is 48.9 Å². The number of aromatic nitrogens is 3. The van der Waals surface area contributed by atoms with Crippen LogP contribution in [0.1, 0.15) is 30.3 Å². The van der Waals surface area contributed by atoms with Crippen LogP contribution in [0.2, 0.25) is 5.02 Å². The molecular formula is C17H16ClN3. The summed E-state index contributed by atoms with van der Waals surface area (Å²) in [6.45, 7) is 2.14. The van der Waals surface area contributed by atoms with Gasteiger partial charge in [0.2, 0.25) is 0 Å². The Morgan fingerprint density at radius 2 is 2.00 bits per heavy atom. The standard InChI is InChI=1S/C17H16ClN3/c1-2-14-16(11-6-8-13(18)9-7-11)17-19-10-12-4-3-5-15(12)21(17)20-14/h6-10H,2-5H2,1H3. The largest absolute Gasteiger partial charge is 0.236 e. The Hall–Kier alpha value is -1.87. The average molecular weight is 298 g/mol. The van der Waals surface area contributed by atoms with E-state index >= 15 is 0 Å². The summed E-state index contributed by atoms with van der Waals surface area (Å²) < 4.78 is 2.06. The van der Waals surface area contributed by atoms with Crippen LogP contribution in [0.25, 0.3) is 16.8 Å². The van der Waals surface area contributed by atoms with E-state index in [-0.39, 0.29) is 0 Å². The molecule has 21 heavy (non-hydrogen) atoms. The Morgan fingerprint density at radius 1 is 1.19 bits per heavy atom. The molecule has 106 valence electrons. The molecule has 0 spiro atoms. The average Bonchev–Trinajstić information content (AvgIpc) is 3.11. The first-order chi connectivity index (χ1) is 10.3. The van der Waals surface area contributed by atoms with Gasteiger partial charge in [-0.2, -0.15) is 5.10 Å². The van der Waals surface area contributed by atoms with Crippen molar-refractivity contribution in [2.75, 3.05) is 0 Å². The lowest BCUT2D eigenvalue weighted by Crippen LogP contribution is -1.99. The molecule has 0 aliphatic heterocycles. The third-order valence-corrected chi connectivity index (χ3v) is 4.48. The highest BCUT2D eigenvalue weighted by atomic mass is 35.5.